The van der Waals surface area contributed by atoms with Gasteiger partial charge in [-0.2, -0.15) is 4.31 Å². The molecule has 1 amide bonds. The quantitative estimate of drug-likeness (QED) is 0.683. The van der Waals surface area contributed by atoms with Crippen LogP contribution in [0, 0.1) is 0 Å². The molecule has 1 atom stereocenters. The van der Waals surface area contributed by atoms with Gasteiger partial charge in [-0.25, -0.2) is 8.42 Å². The first-order valence-electron chi connectivity index (χ1n) is 10.6. The van der Waals surface area contributed by atoms with Gasteiger partial charge in [-0.05, 0) is 48.5 Å². The van der Waals surface area contributed by atoms with Gasteiger partial charge < -0.3 is 4.90 Å². The van der Waals surface area contributed by atoms with E-state index in [1.807, 2.05) is 23.1 Å². The molecule has 6 nitrogen and oxygen atoms in total. The molecule has 4 rings (SSSR count). The van der Waals surface area contributed by atoms with E-state index in [1.54, 1.807) is 11.4 Å². The lowest BCUT2D eigenvalue weighted by atomic mass is 10.0. The number of rotatable bonds is 6. The van der Waals surface area contributed by atoms with Gasteiger partial charge in [0.05, 0.1) is 0 Å². The summed E-state index contributed by atoms with van der Waals surface area (Å²) in [7, 11) is -3.72. The maximum atomic E-state index is 13.4. The second kappa shape index (κ2) is 8.78. The lowest BCUT2D eigenvalue weighted by molar-refractivity contribution is 0.0779. The molecular weight excluding hydrogens is 418 g/mol. The summed E-state index contributed by atoms with van der Waals surface area (Å²) in [5, 5.41) is 1.72. The van der Waals surface area contributed by atoms with Gasteiger partial charge in [0.15, 0.2) is 0 Å². The van der Waals surface area contributed by atoms with Crippen molar-refractivity contribution in [2.24, 2.45) is 0 Å². The Hall–Kier alpha value is -1.74. The van der Waals surface area contributed by atoms with E-state index >= 15 is 0 Å². The van der Waals surface area contributed by atoms with Crippen molar-refractivity contribution in [2.75, 3.05) is 32.7 Å². The maximum Gasteiger partial charge on any atom is 0.265 e. The van der Waals surface area contributed by atoms with Crippen LogP contribution in [0.2, 0.25) is 0 Å². The monoisotopic (exact) mass is 447 g/mol. The largest absolute Gasteiger partial charge is 0.336 e. The Morgan fingerprint density at radius 2 is 1.87 bits per heavy atom. The Morgan fingerprint density at radius 1 is 1.13 bits per heavy atom. The highest BCUT2D eigenvalue weighted by molar-refractivity contribution is 7.89. The number of hydrogen-bond donors (Lipinski definition) is 0. The molecule has 0 saturated carbocycles. The number of sulfonamides is 1. The lowest BCUT2D eigenvalue weighted by Gasteiger charge is -2.28. The summed E-state index contributed by atoms with van der Waals surface area (Å²) in [6.07, 6.45) is 1.63. The summed E-state index contributed by atoms with van der Waals surface area (Å²) in [6.45, 7) is 8.32. The number of hydrogen-bond acceptors (Lipinski definition) is 5. The Balaban J connectivity index is 1.54. The second-order valence-electron chi connectivity index (χ2n) is 7.89. The number of likely N-dealkylation sites (tertiary alicyclic amines) is 1. The number of fused-ring (bicyclic) bond motifs is 1. The van der Waals surface area contributed by atoms with Gasteiger partial charge in [0.1, 0.15) is 9.77 Å². The molecule has 2 aliphatic rings. The normalized spacial score (nSPS) is 20.0. The van der Waals surface area contributed by atoms with E-state index < -0.39 is 10.0 Å². The summed E-state index contributed by atoms with van der Waals surface area (Å²) in [5.41, 5.74) is 2.24. The molecule has 2 aromatic rings. The fourth-order valence-electron chi connectivity index (χ4n) is 4.58. The number of likely N-dealkylation sites (N-methyl/N-ethyl adjacent to an activating group) is 1. The zero-order chi connectivity index (χ0) is 21.3. The zero-order valence-electron chi connectivity index (χ0n) is 17.6. The molecule has 30 heavy (non-hydrogen) atoms. The van der Waals surface area contributed by atoms with Crippen molar-refractivity contribution in [3.05, 3.63) is 51.7 Å². The molecule has 0 bridgehead atoms. The molecule has 0 spiro atoms. The van der Waals surface area contributed by atoms with Crippen molar-refractivity contribution in [3.8, 4) is 0 Å². The maximum absolute atomic E-state index is 13.4. The summed E-state index contributed by atoms with van der Waals surface area (Å²) in [4.78, 5) is 17.9. The van der Waals surface area contributed by atoms with Crippen molar-refractivity contribution in [2.45, 2.75) is 44.2 Å². The Morgan fingerprint density at radius 3 is 2.60 bits per heavy atom. The van der Waals surface area contributed by atoms with Crippen LogP contribution in [-0.4, -0.2) is 67.2 Å². The smallest absolute Gasteiger partial charge is 0.265 e. The van der Waals surface area contributed by atoms with Gasteiger partial charge in [-0.1, -0.05) is 38.1 Å². The van der Waals surface area contributed by atoms with E-state index in [0.29, 0.717) is 43.5 Å². The summed E-state index contributed by atoms with van der Waals surface area (Å²) in [6, 6.07) is 9.90. The van der Waals surface area contributed by atoms with Crippen LogP contribution in [-0.2, 0) is 23.0 Å². The molecule has 0 N–H and O–H groups in total. The van der Waals surface area contributed by atoms with Crippen LogP contribution < -0.4 is 0 Å². The first-order chi connectivity index (χ1) is 14.5. The zero-order valence-corrected chi connectivity index (χ0v) is 19.2. The van der Waals surface area contributed by atoms with Crippen LogP contribution >= 0.6 is 11.3 Å². The van der Waals surface area contributed by atoms with E-state index in [-0.39, 0.29) is 10.8 Å². The molecule has 162 valence electrons. The molecule has 0 radical (unpaired) electrons. The number of amides is 1. The van der Waals surface area contributed by atoms with Crippen molar-refractivity contribution < 1.29 is 13.2 Å². The fourth-order valence-corrected chi connectivity index (χ4v) is 7.36. The number of nitrogens with zero attached hydrogens (tertiary/aromatic N) is 3. The minimum Gasteiger partial charge on any atom is -0.336 e. The third kappa shape index (κ3) is 3.93. The van der Waals surface area contributed by atoms with Crippen molar-refractivity contribution >= 4 is 27.3 Å². The highest BCUT2D eigenvalue weighted by Crippen LogP contribution is 2.31. The highest BCUT2D eigenvalue weighted by atomic mass is 32.2. The molecule has 1 fully saturated rings. The number of benzene rings is 1. The SMILES string of the molecule is CCN(CC)C1CCN(C(=O)c2sccc2S(=O)(=O)N2CCc3ccccc3C2)C1. The second-order valence-corrected chi connectivity index (χ2v) is 10.7. The standard InChI is InChI=1S/C22H29N3O3S2/c1-3-23(4-2)19-10-12-24(16-19)22(26)21-20(11-14-29-21)30(27,28)25-13-9-17-7-5-6-8-18(17)15-25/h5-8,11,14,19H,3-4,9-10,12-13,15-16H2,1-2H3. The van der Waals surface area contributed by atoms with Gasteiger partial charge in [-0.15, -0.1) is 11.3 Å². The molecule has 3 heterocycles. The Bertz CT molecular complexity index is 1010. The van der Waals surface area contributed by atoms with E-state index in [9.17, 15) is 13.2 Å². The van der Waals surface area contributed by atoms with E-state index in [4.69, 9.17) is 0 Å². The van der Waals surface area contributed by atoms with Crippen LogP contribution in [0.3, 0.4) is 0 Å². The van der Waals surface area contributed by atoms with Crippen molar-refractivity contribution in [3.63, 3.8) is 0 Å². The highest BCUT2D eigenvalue weighted by Gasteiger charge is 2.36. The van der Waals surface area contributed by atoms with Crippen LogP contribution in [0.15, 0.2) is 40.6 Å². The van der Waals surface area contributed by atoms with Gasteiger partial charge in [-0.3, -0.25) is 9.69 Å². The van der Waals surface area contributed by atoms with E-state index in [1.165, 1.54) is 21.2 Å². The van der Waals surface area contributed by atoms with Crippen LogP contribution in [0.4, 0.5) is 0 Å². The van der Waals surface area contributed by atoms with Crippen LogP contribution in [0.25, 0.3) is 0 Å². The molecule has 1 aromatic heterocycles. The molecule has 1 aromatic carbocycles. The molecule has 0 aliphatic carbocycles. The van der Waals surface area contributed by atoms with Gasteiger partial charge >= 0.3 is 0 Å². The average Bonchev–Trinajstić information content (AvgIpc) is 3.44. The Labute approximate surface area is 183 Å². The third-order valence-corrected chi connectivity index (χ3v) is 9.24. The average molecular weight is 448 g/mol. The summed E-state index contributed by atoms with van der Waals surface area (Å²) in [5.74, 6) is -0.157. The number of carbonyl (C=O) groups is 1. The van der Waals surface area contributed by atoms with Gasteiger partial charge in [0.2, 0.25) is 10.0 Å². The van der Waals surface area contributed by atoms with E-state index in [2.05, 4.69) is 24.8 Å². The van der Waals surface area contributed by atoms with Crippen molar-refractivity contribution in [1.82, 2.24) is 14.1 Å². The molecule has 8 heteroatoms. The van der Waals surface area contributed by atoms with Crippen LogP contribution in [0.5, 0.6) is 0 Å². The molecule has 2 aliphatic heterocycles. The minimum atomic E-state index is -3.72. The van der Waals surface area contributed by atoms with Gasteiger partial charge in [0, 0.05) is 32.2 Å². The topological polar surface area (TPSA) is 60.9 Å². The summed E-state index contributed by atoms with van der Waals surface area (Å²) >= 11 is 1.23. The van der Waals surface area contributed by atoms with Crippen LogP contribution in [0.1, 0.15) is 41.1 Å². The third-order valence-electron chi connectivity index (χ3n) is 6.32. The minimum absolute atomic E-state index is 0.156. The van der Waals surface area contributed by atoms with Crippen molar-refractivity contribution in [1.29, 1.82) is 0 Å². The predicted molar refractivity (Wildman–Crippen MR) is 119 cm³/mol. The number of carbonyl (C=O) groups excluding carboxylic acids is 1. The Kier molecular flexibility index (Phi) is 6.29. The molecule has 1 saturated heterocycles. The van der Waals surface area contributed by atoms with Gasteiger partial charge in [0.25, 0.3) is 5.91 Å². The number of thiophene rings is 1. The molecular formula is C22H29N3O3S2. The fraction of sp³-hybridized carbons (Fsp3) is 0.500. The molecule has 1 unspecified atom stereocenters. The first kappa shape index (κ1) is 21.5. The van der Waals surface area contributed by atoms with E-state index in [0.717, 1.165) is 25.1 Å². The lowest BCUT2D eigenvalue weighted by Crippen LogP contribution is -2.39. The first-order valence-corrected chi connectivity index (χ1v) is 13.0. The predicted octanol–water partition coefficient (Wildman–Crippen LogP) is 3.05. The summed E-state index contributed by atoms with van der Waals surface area (Å²) < 4.78 is 28.3.